The fourth-order valence-corrected chi connectivity index (χ4v) is 4.82. The van der Waals surface area contributed by atoms with E-state index in [2.05, 4.69) is 35.7 Å². The number of aromatic nitrogens is 1. The molecule has 0 bridgehead atoms. The summed E-state index contributed by atoms with van der Waals surface area (Å²) in [6, 6.07) is 7.26. The van der Waals surface area contributed by atoms with Gasteiger partial charge in [-0.3, -0.25) is 4.79 Å². The number of carbonyl (C=O) groups excluding carboxylic acids is 1. The van der Waals surface area contributed by atoms with Crippen molar-refractivity contribution in [2.45, 2.75) is 38.8 Å². The predicted molar refractivity (Wildman–Crippen MR) is 139 cm³/mol. The van der Waals surface area contributed by atoms with E-state index < -0.39 is 0 Å². The molecule has 0 aliphatic carbocycles. The Labute approximate surface area is 218 Å². The smallest absolute Gasteiger partial charge is 0.259 e. The van der Waals surface area contributed by atoms with E-state index in [0.717, 1.165) is 32.6 Å². The van der Waals surface area contributed by atoms with E-state index in [9.17, 15) is 14.3 Å². The zero-order valence-electron chi connectivity index (χ0n) is 21.8. The molecule has 7 nitrogen and oxygen atoms in total. The van der Waals surface area contributed by atoms with Crippen molar-refractivity contribution in [2.24, 2.45) is 11.8 Å². The monoisotopic (exact) mass is 509 g/mol. The molecule has 1 amide bonds. The molecule has 198 valence electrons. The Bertz CT molecular complexity index is 1120. The number of benzene rings is 1. The largest absolute Gasteiger partial charge is 0.472 e. The van der Waals surface area contributed by atoms with Crippen molar-refractivity contribution in [1.82, 2.24) is 14.8 Å². The molecule has 1 aromatic carbocycles. The van der Waals surface area contributed by atoms with Crippen LogP contribution >= 0.6 is 0 Å². The number of carbonyl (C=O) groups is 1. The van der Waals surface area contributed by atoms with E-state index >= 15 is 0 Å². The molecule has 1 N–H and O–H groups in total. The molecular formula is C29H36FN3O4. The Hall–Kier alpha value is -2.99. The standard InChI is InChI=1S/C29H36FN3O4/c1-20-16-33(21(2)19-34)29(35)26-14-24(5-4-22-6-8-25(30)9-7-22)15-31-28(26)37-27(20)18-32(3)17-23-10-12-36-13-11-23/h6-9,14-15,20-21,23,27,34H,10-13,16-19H2,1-3H3/t20-,21-,27+/m0/s1. The molecule has 0 saturated carbocycles. The second-order valence-electron chi connectivity index (χ2n) is 10.2. The molecule has 8 heteroatoms. The molecule has 0 unspecified atom stereocenters. The first kappa shape index (κ1) is 27.1. The number of hydrogen-bond acceptors (Lipinski definition) is 6. The van der Waals surface area contributed by atoms with Crippen LogP contribution in [0, 0.1) is 29.5 Å². The molecule has 1 fully saturated rings. The molecule has 2 aromatic rings. The number of likely N-dealkylation sites (N-methyl/N-ethyl adjacent to an activating group) is 1. The SMILES string of the molecule is C[C@H]1CN([C@@H](C)CO)C(=O)c2cc(C#Cc3ccc(F)cc3)cnc2O[C@@H]1CN(C)CC1CCOCC1. The molecule has 3 atom stereocenters. The van der Waals surface area contributed by atoms with Crippen LogP contribution in [0.3, 0.4) is 0 Å². The molecule has 0 spiro atoms. The Balaban J connectivity index is 1.59. The first-order chi connectivity index (χ1) is 17.8. The van der Waals surface area contributed by atoms with E-state index in [0.29, 0.717) is 35.7 Å². The zero-order chi connectivity index (χ0) is 26.4. The van der Waals surface area contributed by atoms with E-state index in [1.54, 1.807) is 29.3 Å². The summed E-state index contributed by atoms with van der Waals surface area (Å²) in [5.41, 5.74) is 1.54. The normalized spacial score (nSPS) is 21.4. The van der Waals surface area contributed by atoms with Gasteiger partial charge >= 0.3 is 0 Å². The number of nitrogens with zero attached hydrogens (tertiary/aromatic N) is 3. The number of fused-ring (bicyclic) bond motifs is 1. The van der Waals surface area contributed by atoms with E-state index in [1.807, 2.05) is 6.92 Å². The first-order valence-corrected chi connectivity index (χ1v) is 13.0. The van der Waals surface area contributed by atoms with Gasteiger partial charge in [-0.05, 0) is 63.1 Å². The fraction of sp³-hybridized carbons (Fsp3) is 0.517. The van der Waals surface area contributed by atoms with Gasteiger partial charge in [0.1, 0.15) is 17.5 Å². The van der Waals surface area contributed by atoms with Gasteiger partial charge in [0, 0.05) is 56.1 Å². The molecule has 3 heterocycles. The zero-order valence-corrected chi connectivity index (χ0v) is 21.8. The molecule has 1 saturated heterocycles. The second-order valence-corrected chi connectivity index (χ2v) is 10.2. The minimum Gasteiger partial charge on any atom is -0.472 e. The highest BCUT2D eigenvalue weighted by molar-refractivity contribution is 5.97. The van der Waals surface area contributed by atoms with Crippen LogP contribution in [0.15, 0.2) is 36.5 Å². The van der Waals surface area contributed by atoms with Crippen molar-refractivity contribution in [3.63, 3.8) is 0 Å². The van der Waals surface area contributed by atoms with E-state index in [4.69, 9.17) is 9.47 Å². The molecule has 0 radical (unpaired) electrons. The third-order valence-corrected chi connectivity index (χ3v) is 7.12. The maximum Gasteiger partial charge on any atom is 0.259 e. The lowest BCUT2D eigenvalue weighted by molar-refractivity contribution is 0.0254. The Kier molecular flexibility index (Phi) is 9.14. The summed E-state index contributed by atoms with van der Waals surface area (Å²) in [5.74, 6) is 6.35. The van der Waals surface area contributed by atoms with Gasteiger partial charge in [0.25, 0.3) is 5.91 Å². The predicted octanol–water partition coefficient (Wildman–Crippen LogP) is 3.20. The van der Waals surface area contributed by atoms with Gasteiger partial charge in [-0.2, -0.15) is 0 Å². The summed E-state index contributed by atoms with van der Waals surface area (Å²) < 4.78 is 25.1. The molecule has 4 rings (SSSR count). The van der Waals surface area contributed by atoms with Crippen LogP contribution in [0.2, 0.25) is 0 Å². The summed E-state index contributed by atoms with van der Waals surface area (Å²) in [6.45, 7) is 7.52. The molecule has 1 aromatic heterocycles. The number of aliphatic hydroxyl groups is 1. The van der Waals surface area contributed by atoms with Crippen LogP contribution < -0.4 is 4.74 Å². The minimum absolute atomic E-state index is 0.0305. The summed E-state index contributed by atoms with van der Waals surface area (Å²) in [4.78, 5) is 22.1. The van der Waals surface area contributed by atoms with Gasteiger partial charge in [-0.15, -0.1) is 0 Å². The van der Waals surface area contributed by atoms with Gasteiger partial charge in [0.05, 0.1) is 12.6 Å². The lowest BCUT2D eigenvalue weighted by atomic mass is 9.97. The Morgan fingerprint density at radius 1 is 1.19 bits per heavy atom. The summed E-state index contributed by atoms with van der Waals surface area (Å²) in [6.07, 6.45) is 3.54. The molecule has 2 aliphatic rings. The average molecular weight is 510 g/mol. The molecule has 2 aliphatic heterocycles. The van der Waals surface area contributed by atoms with Crippen LogP contribution in [0.25, 0.3) is 0 Å². The van der Waals surface area contributed by atoms with Crippen molar-refractivity contribution in [2.75, 3.05) is 46.5 Å². The number of rotatable bonds is 6. The van der Waals surface area contributed by atoms with Gasteiger partial charge < -0.3 is 24.4 Å². The van der Waals surface area contributed by atoms with Crippen molar-refractivity contribution in [3.8, 4) is 17.7 Å². The highest BCUT2D eigenvalue weighted by Gasteiger charge is 2.34. The van der Waals surface area contributed by atoms with Gasteiger partial charge in [0.2, 0.25) is 5.88 Å². The number of hydrogen-bond donors (Lipinski definition) is 1. The maximum atomic E-state index is 13.6. The van der Waals surface area contributed by atoms with E-state index in [1.165, 1.54) is 12.1 Å². The third kappa shape index (κ3) is 7.07. The second kappa shape index (κ2) is 12.5. The van der Waals surface area contributed by atoms with Crippen LogP contribution in [0.1, 0.15) is 48.2 Å². The number of halogens is 1. The number of pyridine rings is 1. The van der Waals surface area contributed by atoms with Crippen molar-refractivity contribution < 1.29 is 23.8 Å². The molecular weight excluding hydrogens is 473 g/mol. The van der Waals surface area contributed by atoms with Crippen LogP contribution in [-0.4, -0.2) is 84.4 Å². The minimum atomic E-state index is -0.351. The lowest BCUT2D eigenvalue weighted by Crippen LogP contribution is -2.50. The Morgan fingerprint density at radius 2 is 1.89 bits per heavy atom. The summed E-state index contributed by atoms with van der Waals surface area (Å²) in [7, 11) is 2.10. The number of aliphatic hydroxyl groups excluding tert-OH is 1. The number of amides is 1. The maximum absolute atomic E-state index is 13.6. The van der Waals surface area contributed by atoms with Gasteiger partial charge in [0.15, 0.2) is 0 Å². The van der Waals surface area contributed by atoms with Crippen molar-refractivity contribution in [1.29, 1.82) is 0 Å². The Morgan fingerprint density at radius 3 is 2.59 bits per heavy atom. The van der Waals surface area contributed by atoms with Crippen LogP contribution in [0.5, 0.6) is 5.88 Å². The van der Waals surface area contributed by atoms with Gasteiger partial charge in [-0.25, -0.2) is 9.37 Å². The highest BCUT2D eigenvalue weighted by atomic mass is 19.1. The lowest BCUT2D eigenvalue weighted by Gasteiger charge is -2.38. The highest BCUT2D eigenvalue weighted by Crippen LogP contribution is 2.27. The quantitative estimate of drug-likeness (QED) is 0.603. The topological polar surface area (TPSA) is 75.1 Å². The van der Waals surface area contributed by atoms with E-state index in [-0.39, 0.29) is 42.3 Å². The van der Waals surface area contributed by atoms with Crippen molar-refractivity contribution in [3.05, 3.63) is 59.0 Å². The van der Waals surface area contributed by atoms with Crippen LogP contribution in [-0.2, 0) is 4.74 Å². The summed E-state index contributed by atoms with van der Waals surface area (Å²) >= 11 is 0. The average Bonchev–Trinajstić information content (AvgIpc) is 2.90. The first-order valence-electron chi connectivity index (χ1n) is 13.0. The molecule has 37 heavy (non-hydrogen) atoms. The summed E-state index contributed by atoms with van der Waals surface area (Å²) in [5, 5.41) is 9.87. The van der Waals surface area contributed by atoms with Crippen molar-refractivity contribution >= 4 is 5.91 Å². The van der Waals surface area contributed by atoms with Gasteiger partial charge in [-0.1, -0.05) is 18.8 Å². The van der Waals surface area contributed by atoms with Crippen LogP contribution in [0.4, 0.5) is 4.39 Å². The number of ether oxygens (including phenoxy) is 2. The third-order valence-electron chi connectivity index (χ3n) is 7.12. The fourth-order valence-electron chi connectivity index (χ4n) is 4.82.